The molecule has 3 aromatic rings. The number of carbonyl (C=O) groups is 1. The third-order valence-corrected chi connectivity index (χ3v) is 5.44. The molecular weight excluding hydrogens is 312 g/mol. The number of benzene rings is 1. The first-order valence-electron chi connectivity index (χ1n) is 8.70. The zero-order chi connectivity index (χ0) is 17.0. The van der Waals surface area contributed by atoms with Gasteiger partial charge in [0.1, 0.15) is 6.33 Å². The van der Waals surface area contributed by atoms with Crippen molar-refractivity contribution in [2.75, 3.05) is 0 Å². The van der Waals surface area contributed by atoms with Gasteiger partial charge in [0.15, 0.2) is 0 Å². The fourth-order valence-electron chi connectivity index (χ4n) is 4.29. The van der Waals surface area contributed by atoms with Crippen LogP contribution in [0.5, 0.6) is 0 Å². The van der Waals surface area contributed by atoms with E-state index < -0.39 is 0 Å². The molecule has 2 aromatic heterocycles. The van der Waals surface area contributed by atoms with Gasteiger partial charge >= 0.3 is 0 Å². The molecule has 2 unspecified atom stereocenters. The van der Waals surface area contributed by atoms with Gasteiger partial charge < -0.3 is 4.90 Å². The maximum Gasteiger partial charge on any atom is 0.256 e. The molecule has 2 aliphatic rings. The quantitative estimate of drug-likeness (QED) is 0.687. The van der Waals surface area contributed by atoms with Crippen molar-refractivity contribution >= 4 is 16.8 Å². The standard InChI is InChI=1S/C20H18N4O/c1-12-5-6-13-3-2-4-15(19(13)23-12)20(25)24-14-7-8-18(24)16-10-21-11-22-17(16)9-14/h2-6,10-11,14,18H,7-9H2,1H3. The number of nitrogens with zero attached hydrogens (tertiary/aromatic N) is 4. The van der Waals surface area contributed by atoms with Crippen molar-refractivity contribution in [3.63, 3.8) is 0 Å². The molecule has 1 amide bonds. The van der Waals surface area contributed by atoms with Crippen LogP contribution in [0.4, 0.5) is 0 Å². The van der Waals surface area contributed by atoms with Crippen molar-refractivity contribution in [3.8, 4) is 0 Å². The summed E-state index contributed by atoms with van der Waals surface area (Å²) in [4.78, 5) is 28.7. The van der Waals surface area contributed by atoms with Crippen LogP contribution in [-0.4, -0.2) is 31.8 Å². The van der Waals surface area contributed by atoms with Gasteiger partial charge in [-0.2, -0.15) is 0 Å². The van der Waals surface area contributed by atoms with Gasteiger partial charge in [0, 0.05) is 35.3 Å². The predicted molar refractivity (Wildman–Crippen MR) is 94.1 cm³/mol. The Morgan fingerprint density at radius 1 is 1.20 bits per heavy atom. The smallest absolute Gasteiger partial charge is 0.256 e. The highest BCUT2D eigenvalue weighted by Gasteiger charge is 2.43. The lowest BCUT2D eigenvalue weighted by Gasteiger charge is -2.35. The maximum absolute atomic E-state index is 13.4. The number of para-hydroxylation sites is 1. The summed E-state index contributed by atoms with van der Waals surface area (Å²) in [6.45, 7) is 1.96. The van der Waals surface area contributed by atoms with Crippen LogP contribution < -0.4 is 0 Å². The van der Waals surface area contributed by atoms with Crippen molar-refractivity contribution in [1.29, 1.82) is 0 Å². The van der Waals surface area contributed by atoms with Crippen LogP contribution >= 0.6 is 0 Å². The van der Waals surface area contributed by atoms with E-state index in [4.69, 9.17) is 0 Å². The first-order valence-corrected chi connectivity index (χ1v) is 8.70. The number of aryl methyl sites for hydroxylation is 1. The van der Waals surface area contributed by atoms with Crippen molar-refractivity contribution < 1.29 is 4.79 Å². The summed E-state index contributed by atoms with van der Waals surface area (Å²) in [5.41, 5.74) is 4.61. The summed E-state index contributed by atoms with van der Waals surface area (Å²) < 4.78 is 0. The minimum Gasteiger partial charge on any atom is -0.328 e. The zero-order valence-electron chi connectivity index (χ0n) is 14.0. The summed E-state index contributed by atoms with van der Waals surface area (Å²) in [5.74, 6) is 0.0747. The van der Waals surface area contributed by atoms with Gasteiger partial charge in [-0.15, -0.1) is 0 Å². The molecule has 1 saturated heterocycles. The van der Waals surface area contributed by atoms with Gasteiger partial charge in [-0.05, 0) is 31.9 Å². The van der Waals surface area contributed by atoms with Crippen LogP contribution in [0.3, 0.4) is 0 Å². The van der Waals surface area contributed by atoms with Crippen LogP contribution in [0.1, 0.15) is 46.2 Å². The molecule has 5 heteroatoms. The highest BCUT2D eigenvalue weighted by Crippen LogP contribution is 2.43. The number of pyridine rings is 1. The molecule has 0 saturated carbocycles. The van der Waals surface area contributed by atoms with Gasteiger partial charge in [0.2, 0.25) is 0 Å². The van der Waals surface area contributed by atoms with Gasteiger partial charge in [0.25, 0.3) is 5.91 Å². The number of carbonyl (C=O) groups excluding carboxylic acids is 1. The molecule has 2 atom stereocenters. The Morgan fingerprint density at radius 2 is 2.12 bits per heavy atom. The minimum absolute atomic E-state index is 0.0747. The molecule has 0 N–H and O–H groups in total. The fraction of sp³-hybridized carbons (Fsp3) is 0.300. The molecule has 0 aliphatic carbocycles. The van der Waals surface area contributed by atoms with Crippen molar-refractivity contribution in [1.82, 2.24) is 19.9 Å². The second-order valence-corrected chi connectivity index (χ2v) is 6.92. The first-order chi connectivity index (χ1) is 12.2. The van der Waals surface area contributed by atoms with Crippen LogP contribution in [0, 0.1) is 6.92 Å². The van der Waals surface area contributed by atoms with E-state index >= 15 is 0 Å². The molecule has 4 heterocycles. The molecular formula is C20H18N4O. The number of hydrogen-bond acceptors (Lipinski definition) is 4. The molecule has 2 bridgehead atoms. The second-order valence-electron chi connectivity index (χ2n) is 6.92. The summed E-state index contributed by atoms with van der Waals surface area (Å²) in [7, 11) is 0. The topological polar surface area (TPSA) is 59.0 Å². The van der Waals surface area contributed by atoms with Crippen molar-refractivity contribution in [2.24, 2.45) is 0 Å². The molecule has 25 heavy (non-hydrogen) atoms. The van der Waals surface area contributed by atoms with E-state index in [9.17, 15) is 4.79 Å². The third kappa shape index (κ3) is 2.15. The van der Waals surface area contributed by atoms with E-state index in [1.165, 1.54) is 0 Å². The Labute approximate surface area is 145 Å². The van der Waals surface area contributed by atoms with E-state index in [0.29, 0.717) is 5.56 Å². The Bertz CT molecular complexity index is 1000. The van der Waals surface area contributed by atoms with Gasteiger partial charge in [0.05, 0.1) is 22.8 Å². The predicted octanol–water partition coefficient (Wildman–Crippen LogP) is 3.24. The SMILES string of the molecule is Cc1ccc2cccc(C(=O)N3C4CCC3c3cncnc3C4)c2n1. The molecule has 124 valence electrons. The Morgan fingerprint density at radius 3 is 3.04 bits per heavy atom. The summed E-state index contributed by atoms with van der Waals surface area (Å²) in [6, 6.07) is 10.2. The van der Waals surface area contributed by atoms with E-state index in [2.05, 4.69) is 15.0 Å². The average molecular weight is 330 g/mol. The highest BCUT2D eigenvalue weighted by molar-refractivity contribution is 6.06. The van der Waals surface area contributed by atoms with E-state index in [1.54, 1.807) is 6.33 Å². The van der Waals surface area contributed by atoms with E-state index in [1.807, 2.05) is 48.4 Å². The second kappa shape index (κ2) is 5.34. The lowest BCUT2D eigenvalue weighted by molar-refractivity contribution is 0.0645. The Hall–Kier alpha value is -2.82. The molecule has 0 spiro atoms. The lowest BCUT2D eigenvalue weighted by atomic mass is 9.97. The van der Waals surface area contributed by atoms with Gasteiger partial charge in [-0.3, -0.25) is 9.78 Å². The van der Waals surface area contributed by atoms with Crippen LogP contribution in [0.15, 0.2) is 42.9 Å². The minimum atomic E-state index is 0.0747. The average Bonchev–Trinajstić information content (AvgIpc) is 2.95. The van der Waals surface area contributed by atoms with E-state index in [-0.39, 0.29) is 18.0 Å². The third-order valence-electron chi connectivity index (χ3n) is 5.44. The van der Waals surface area contributed by atoms with Crippen molar-refractivity contribution in [2.45, 2.75) is 38.3 Å². The Kier molecular flexibility index (Phi) is 3.10. The normalized spacial score (nSPS) is 21.4. The number of aromatic nitrogens is 3. The summed E-state index contributed by atoms with van der Waals surface area (Å²) in [6.07, 6.45) is 6.29. The van der Waals surface area contributed by atoms with E-state index in [0.717, 1.165) is 47.1 Å². The summed E-state index contributed by atoms with van der Waals surface area (Å²) >= 11 is 0. The number of fused-ring (bicyclic) bond motifs is 5. The number of hydrogen-bond donors (Lipinski definition) is 0. The molecule has 0 radical (unpaired) electrons. The lowest BCUT2D eigenvalue weighted by Crippen LogP contribution is -2.42. The fourth-order valence-corrected chi connectivity index (χ4v) is 4.29. The van der Waals surface area contributed by atoms with Crippen LogP contribution in [0.25, 0.3) is 10.9 Å². The monoisotopic (exact) mass is 330 g/mol. The largest absolute Gasteiger partial charge is 0.328 e. The molecule has 2 aliphatic heterocycles. The molecule has 5 rings (SSSR count). The highest BCUT2D eigenvalue weighted by atomic mass is 16.2. The first kappa shape index (κ1) is 14.5. The van der Waals surface area contributed by atoms with Crippen molar-refractivity contribution in [3.05, 3.63) is 65.4 Å². The number of rotatable bonds is 1. The molecule has 5 nitrogen and oxygen atoms in total. The Balaban J connectivity index is 1.61. The molecule has 1 aromatic carbocycles. The maximum atomic E-state index is 13.4. The van der Waals surface area contributed by atoms with Crippen LogP contribution in [-0.2, 0) is 6.42 Å². The number of amides is 1. The zero-order valence-corrected chi connectivity index (χ0v) is 14.0. The van der Waals surface area contributed by atoms with Crippen LogP contribution in [0.2, 0.25) is 0 Å². The van der Waals surface area contributed by atoms with Gasteiger partial charge in [-0.1, -0.05) is 18.2 Å². The summed E-state index contributed by atoms with van der Waals surface area (Å²) in [5, 5.41) is 1.00. The molecule has 1 fully saturated rings. The van der Waals surface area contributed by atoms with Gasteiger partial charge in [-0.25, -0.2) is 9.97 Å².